The Hall–Kier alpha value is -3.55. The molecule has 29 heavy (non-hydrogen) atoms. The number of benzene rings is 3. The third-order valence-corrected chi connectivity index (χ3v) is 5.41. The summed E-state index contributed by atoms with van der Waals surface area (Å²) >= 11 is 1.54. The van der Waals surface area contributed by atoms with Gasteiger partial charge in [-0.05, 0) is 35.0 Å². The molecule has 7 heteroatoms. The Kier molecular flexibility index (Phi) is 5.33. The van der Waals surface area contributed by atoms with Crippen LogP contribution in [0.2, 0.25) is 0 Å². The summed E-state index contributed by atoms with van der Waals surface area (Å²) in [6.45, 7) is 0.327. The molecular formula is C22H17N3O3S. The van der Waals surface area contributed by atoms with E-state index in [4.69, 9.17) is 5.21 Å². The minimum Gasteiger partial charge on any atom is -0.346 e. The molecule has 3 N–H and O–H groups in total. The van der Waals surface area contributed by atoms with Gasteiger partial charge < -0.3 is 5.32 Å². The summed E-state index contributed by atoms with van der Waals surface area (Å²) in [4.78, 5) is 28.7. The largest absolute Gasteiger partial charge is 0.346 e. The molecule has 2 amide bonds. The Labute approximate surface area is 170 Å². The first-order valence-electron chi connectivity index (χ1n) is 8.90. The molecule has 144 valence electrons. The zero-order valence-electron chi connectivity index (χ0n) is 15.3. The fourth-order valence-corrected chi connectivity index (χ4v) is 3.79. The Morgan fingerprint density at radius 2 is 1.59 bits per heavy atom. The molecule has 0 radical (unpaired) electrons. The van der Waals surface area contributed by atoms with E-state index in [0.29, 0.717) is 17.7 Å². The molecule has 0 aliphatic heterocycles. The average molecular weight is 403 g/mol. The molecule has 0 atom stereocenters. The van der Waals surface area contributed by atoms with E-state index >= 15 is 0 Å². The first-order chi connectivity index (χ1) is 14.1. The highest BCUT2D eigenvalue weighted by molar-refractivity contribution is 7.13. The van der Waals surface area contributed by atoms with Gasteiger partial charge in [0.2, 0.25) is 0 Å². The van der Waals surface area contributed by atoms with Crippen molar-refractivity contribution in [3.8, 4) is 10.6 Å². The number of hydrogen-bond donors (Lipinski definition) is 3. The van der Waals surface area contributed by atoms with Crippen LogP contribution in [-0.4, -0.2) is 22.0 Å². The maximum Gasteiger partial charge on any atom is 0.274 e. The van der Waals surface area contributed by atoms with E-state index in [1.54, 1.807) is 35.8 Å². The number of nitrogens with one attached hydrogen (secondary N) is 2. The lowest BCUT2D eigenvalue weighted by atomic mass is 10.0. The highest BCUT2D eigenvalue weighted by atomic mass is 32.1. The number of amides is 2. The molecule has 4 rings (SSSR count). The molecule has 0 saturated carbocycles. The van der Waals surface area contributed by atoms with Gasteiger partial charge in [-0.25, -0.2) is 10.5 Å². The molecule has 0 bridgehead atoms. The van der Waals surface area contributed by atoms with Crippen LogP contribution in [0.1, 0.15) is 26.4 Å². The Balaban J connectivity index is 1.47. The number of rotatable bonds is 5. The summed E-state index contributed by atoms with van der Waals surface area (Å²) in [5, 5.41) is 16.1. The van der Waals surface area contributed by atoms with Crippen molar-refractivity contribution >= 4 is 33.9 Å². The number of carbonyl (C=O) groups excluding carboxylic acids is 2. The minimum atomic E-state index is -0.598. The van der Waals surface area contributed by atoms with Gasteiger partial charge >= 0.3 is 0 Å². The van der Waals surface area contributed by atoms with E-state index in [-0.39, 0.29) is 5.91 Å². The summed E-state index contributed by atoms with van der Waals surface area (Å²) in [6, 6.07) is 20.2. The molecule has 1 aromatic heterocycles. The number of nitrogens with zero attached hydrogens (tertiary/aromatic N) is 1. The van der Waals surface area contributed by atoms with E-state index in [9.17, 15) is 9.59 Å². The first kappa shape index (κ1) is 18.8. The third kappa shape index (κ3) is 4.16. The Bertz CT molecular complexity index is 1190. The van der Waals surface area contributed by atoms with E-state index in [1.165, 1.54) is 11.3 Å². The molecule has 0 aliphatic carbocycles. The number of aromatic nitrogens is 1. The van der Waals surface area contributed by atoms with Crippen LogP contribution in [-0.2, 0) is 6.54 Å². The predicted octanol–water partition coefficient (Wildman–Crippen LogP) is 4.01. The summed E-state index contributed by atoms with van der Waals surface area (Å²) in [7, 11) is 0. The topological polar surface area (TPSA) is 91.3 Å². The number of carbonyl (C=O) groups is 2. The van der Waals surface area contributed by atoms with Gasteiger partial charge in [0, 0.05) is 22.1 Å². The van der Waals surface area contributed by atoms with E-state index in [2.05, 4.69) is 10.3 Å². The van der Waals surface area contributed by atoms with Crippen molar-refractivity contribution in [1.82, 2.24) is 15.8 Å². The van der Waals surface area contributed by atoms with Gasteiger partial charge in [-0.1, -0.05) is 42.5 Å². The zero-order chi connectivity index (χ0) is 20.2. The predicted molar refractivity (Wildman–Crippen MR) is 112 cm³/mol. The fourth-order valence-electron chi connectivity index (χ4n) is 2.97. The van der Waals surface area contributed by atoms with Crippen molar-refractivity contribution < 1.29 is 14.8 Å². The molecule has 0 fully saturated rings. The minimum absolute atomic E-state index is 0.224. The van der Waals surface area contributed by atoms with Crippen molar-refractivity contribution in [2.24, 2.45) is 0 Å². The maximum absolute atomic E-state index is 12.6. The van der Waals surface area contributed by atoms with E-state index < -0.39 is 5.91 Å². The van der Waals surface area contributed by atoms with Gasteiger partial charge in [-0.15, -0.1) is 11.3 Å². The molecule has 4 aromatic rings. The van der Waals surface area contributed by atoms with Crippen molar-refractivity contribution in [2.75, 3.05) is 0 Å². The highest BCUT2D eigenvalue weighted by Gasteiger charge is 2.10. The molecule has 0 saturated heterocycles. The standard InChI is InChI=1S/C22H17N3O3S/c26-20(23-12-19-13-29-22(24-19)15-4-2-1-3-5-15)16-8-6-14-7-9-17(21(27)25-28)11-18(14)10-16/h1-11,13,28H,12H2,(H,23,26)(H,25,27). The normalized spacial score (nSPS) is 10.7. The van der Waals surface area contributed by atoms with Crippen molar-refractivity contribution in [3.05, 3.63) is 88.9 Å². The van der Waals surface area contributed by atoms with Crippen LogP contribution >= 0.6 is 11.3 Å². The Morgan fingerprint density at radius 3 is 2.28 bits per heavy atom. The molecule has 3 aromatic carbocycles. The van der Waals surface area contributed by atoms with Gasteiger partial charge in [-0.3, -0.25) is 14.8 Å². The monoisotopic (exact) mass is 403 g/mol. The van der Waals surface area contributed by atoms with Crippen LogP contribution in [0.5, 0.6) is 0 Å². The second-order valence-corrected chi connectivity index (χ2v) is 7.27. The molecular weight excluding hydrogens is 386 g/mol. The van der Waals surface area contributed by atoms with Gasteiger partial charge in [0.25, 0.3) is 11.8 Å². The fraction of sp³-hybridized carbons (Fsp3) is 0.0455. The van der Waals surface area contributed by atoms with E-state index in [0.717, 1.165) is 27.0 Å². The molecule has 6 nitrogen and oxygen atoms in total. The molecule has 1 heterocycles. The average Bonchev–Trinajstić information content (AvgIpc) is 3.26. The van der Waals surface area contributed by atoms with Crippen LogP contribution in [0, 0.1) is 0 Å². The van der Waals surface area contributed by atoms with Crippen molar-refractivity contribution in [3.63, 3.8) is 0 Å². The molecule has 0 unspecified atom stereocenters. The summed E-state index contributed by atoms with van der Waals surface area (Å²) in [6.07, 6.45) is 0. The smallest absolute Gasteiger partial charge is 0.274 e. The number of hydroxylamine groups is 1. The van der Waals surface area contributed by atoms with Gasteiger partial charge in [-0.2, -0.15) is 0 Å². The lowest BCUT2D eigenvalue weighted by molar-refractivity contribution is 0.0706. The van der Waals surface area contributed by atoms with Gasteiger partial charge in [0.1, 0.15) is 5.01 Å². The second-order valence-electron chi connectivity index (χ2n) is 6.41. The quantitative estimate of drug-likeness (QED) is 0.347. The zero-order valence-corrected chi connectivity index (χ0v) is 16.1. The lowest BCUT2D eigenvalue weighted by Gasteiger charge is -2.06. The lowest BCUT2D eigenvalue weighted by Crippen LogP contribution is -2.23. The summed E-state index contributed by atoms with van der Waals surface area (Å²) in [5.74, 6) is -0.822. The number of fused-ring (bicyclic) bond motifs is 1. The number of hydrogen-bond acceptors (Lipinski definition) is 5. The third-order valence-electron chi connectivity index (χ3n) is 4.47. The van der Waals surface area contributed by atoms with E-state index in [1.807, 2.05) is 41.8 Å². The van der Waals surface area contributed by atoms with Crippen LogP contribution in [0.25, 0.3) is 21.3 Å². The Morgan fingerprint density at radius 1 is 0.897 bits per heavy atom. The van der Waals surface area contributed by atoms with Gasteiger partial charge in [0.15, 0.2) is 0 Å². The molecule has 0 aliphatic rings. The van der Waals surface area contributed by atoms with Crippen molar-refractivity contribution in [2.45, 2.75) is 6.54 Å². The van der Waals surface area contributed by atoms with Crippen LogP contribution < -0.4 is 10.8 Å². The maximum atomic E-state index is 12.6. The summed E-state index contributed by atoms with van der Waals surface area (Å²) < 4.78 is 0. The molecule has 0 spiro atoms. The summed E-state index contributed by atoms with van der Waals surface area (Å²) in [5.41, 5.74) is 4.25. The highest BCUT2D eigenvalue weighted by Crippen LogP contribution is 2.23. The SMILES string of the molecule is O=C(NO)c1ccc2ccc(C(=O)NCc3csc(-c4ccccc4)n3)cc2c1. The van der Waals surface area contributed by atoms with Crippen LogP contribution in [0.15, 0.2) is 72.1 Å². The second kappa shape index (κ2) is 8.22. The van der Waals surface area contributed by atoms with Gasteiger partial charge in [0.05, 0.1) is 12.2 Å². The van der Waals surface area contributed by atoms with Crippen LogP contribution in [0.4, 0.5) is 0 Å². The van der Waals surface area contributed by atoms with Crippen LogP contribution in [0.3, 0.4) is 0 Å². The first-order valence-corrected chi connectivity index (χ1v) is 9.78. The number of thiazole rings is 1. The van der Waals surface area contributed by atoms with Crippen molar-refractivity contribution in [1.29, 1.82) is 0 Å².